The van der Waals surface area contributed by atoms with Gasteiger partial charge in [0.2, 0.25) is 0 Å². The molecule has 0 bridgehead atoms. The van der Waals surface area contributed by atoms with Crippen molar-refractivity contribution < 1.29 is 23.8 Å². The monoisotopic (exact) mass is 526 g/mol. The number of aromatic carboxylic acids is 1. The van der Waals surface area contributed by atoms with Gasteiger partial charge in [0, 0.05) is 46.7 Å². The highest BCUT2D eigenvalue weighted by Gasteiger charge is 2.23. The second kappa shape index (κ2) is 10.3. The lowest BCUT2D eigenvalue weighted by Crippen LogP contribution is -2.17. The van der Waals surface area contributed by atoms with Crippen molar-refractivity contribution in [1.82, 2.24) is 9.88 Å². The molecule has 2 N–H and O–H groups in total. The van der Waals surface area contributed by atoms with E-state index in [1.54, 1.807) is 37.0 Å². The van der Waals surface area contributed by atoms with Gasteiger partial charge >= 0.3 is 5.97 Å². The van der Waals surface area contributed by atoms with Crippen molar-refractivity contribution in [2.75, 3.05) is 14.2 Å². The van der Waals surface area contributed by atoms with E-state index in [1.165, 1.54) is 12.1 Å². The van der Waals surface area contributed by atoms with E-state index in [0.717, 1.165) is 21.2 Å². The summed E-state index contributed by atoms with van der Waals surface area (Å²) < 4.78 is 27.3. The van der Waals surface area contributed by atoms with Crippen molar-refractivity contribution in [3.8, 4) is 11.5 Å². The number of carboxylic acids is 1. The van der Waals surface area contributed by atoms with E-state index in [0.29, 0.717) is 35.5 Å². The number of ether oxygens (including phenoxy) is 2. The number of rotatable bonds is 9. The lowest BCUT2D eigenvalue weighted by atomic mass is 10.1. The van der Waals surface area contributed by atoms with Crippen LogP contribution in [-0.2, 0) is 19.6 Å². The largest absolute Gasteiger partial charge is 0.497 e. The minimum absolute atomic E-state index is 0.154. The minimum Gasteiger partial charge on any atom is -0.497 e. The molecule has 0 saturated heterocycles. The molecule has 4 aromatic rings. The molecule has 6 nitrogen and oxygen atoms in total. The van der Waals surface area contributed by atoms with Gasteiger partial charge in [0.1, 0.15) is 23.0 Å². The number of fused-ring (bicyclic) bond motifs is 1. The van der Waals surface area contributed by atoms with Gasteiger partial charge in [0.25, 0.3) is 0 Å². The average Bonchev–Trinajstić information content (AvgIpc) is 3.12. The molecule has 0 fully saturated rings. The number of carbonyl (C=O) groups is 1. The molecule has 0 aliphatic carbocycles. The van der Waals surface area contributed by atoms with Crippen molar-refractivity contribution in [2.45, 2.75) is 19.6 Å². The van der Waals surface area contributed by atoms with E-state index < -0.39 is 5.97 Å². The fraction of sp³-hybridized carbons (Fsp3) is 0.192. The van der Waals surface area contributed by atoms with Gasteiger partial charge in [-0.25, -0.2) is 9.18 Å². The molecule has 0 unspecified atom stereocenters. The van der Waals surface area contributed by atoms with Gasteiger partial charge in [-0.2, -0.15) is 0 Å². The standard InChI is InChI=1S/C26H24BrFN2O4/c1-33-20-7-8-21-22(14-29-13-17-11-18(27)6-9-24(17)34-2)25(26(31)32)30(23(21)12-20)15-16-4-3-5-19(28)10-16/h3-12,29H,13-15H2,1-2H3,(H,31,32). The van der Waals surface area contributed by atoms with E-state index in [9.17, 15) is 14.3 Å². The second-order valence-electron chi connectivity index (χ2n) is 7.79. The highest BCUT2D eigenvalue weighted by atomic mass is 79.9. The Balaban J connectivity index is 1.74. The van der Waals surface area contributed by atoms with Crippen LogP contribution in [0.5, 0.6) is 11.5 Å². The minimum atomic E-state index is -1.05. The fourth-order valence-corrected chi connectivity index (χ4v) is 4.55. The number of carboxylic acid groups (broad SMARTS) is 1. The zero-order valence-electron chi connectivity index (χ0n) is 18.8. The predicted molar refractivity (Wildman–Crippen MR) is 132 cm³/mol. The Morgan fingerprint density at radius 1 is 1.06 bits per heavy atom. The average molecular weight is 527 g/mol. The molecular weight excluding hydrogens is 503 g/mol. The van der Waals surface area contributed by atoms with Crippen LogP contribution in [0.4, 0.5) is 4.39 Å². The lowest BCUT2D eigenvalue weighted by molar-refractivity contribution is 0.0684. The Labute approximate surface area is 205 Å². The third-order valence-corrected chi connectivity index (χ3v) is 6.16. The van der Waals surface area contributed by atoms with Crippen LogP contribution in [0.3, 0.4) is 0 Å². The van der Waals surface area contributed by atoms with Crippen LogP contribution in [0, 0.1) is 5.82 Å². The number of nitrogens with one attached hydrogen (secondary N) is 1. The van der Waals surface area contributed by atoms with Crippen LogP contribution in [0.15, 0.2) is 65.1 Å². The van der Waals surface area contributed by atoms with E-state index in [2.05, 4.69) is 21.2 Å². The summed E-state index contributed by atoms with van der Waals surface area (Å²) in [5.41, 5.74) is 3.12. The summed E-state index contributed by atoms with van der Waals surface area (Å²) in [6.45, 7) is 1.01. The molecule has 4 rings (SSSR count). The van der Waals surface area contributed by atoms with Crippen LogP contribution in [0.1, 0.15) is 27.2 Å². The van der Waals surface area contributed by atoms with Crippen molar-refractivity contribution >= 4 is 32.8 Å². The van der Waals surface area contributed by atoms with Gasteiger partial charge < -0.3 is 24.5 Å². The second-order valence-corrected chi connectivity index (χ2v) is 8.71. The number of benzene rings is 3. The SMILES string of the molecule is COc1ccc2c(CNCc3cc(Br)ccc3OC)c(C(=O)O)n(Cc3cccc(F)c3)c2c1. The van der Waals surface area contributed by atoms with Crippen LogP contribution in [-0.4, -0.2) is 29.9 Å². The third kappa shape index (κ3) is 4.93. The summed E-state index contributed by atoms with van der Waals surface area (Å²) in [6, 6.07) is 17.4. The van der Waals surface area contributed by atoms with Crippen LogP contribution >= 0.6 is 15.9 Å². The maximum atomic E-state index is 13.8. The lowest BCUT2D eigenvalue weighted by Gasteiger charge is -2.12. The van der Waals surface area contributed by atoms with Crippen molar-refractivity contribution in [1.29, 1.82) is 0 Å². The zero-order valence-corrected chi connectivity index (χ0v) is 20.4. The van der Waals surface area contributed by atoms with E-state index in [1.807, 2.05) is 30.3 Å². The molecule has 0 aliphatic rings. The number of halogens is 2. The quantitative estimate of drug-likeness (QED) is 0.297. The Bertz CT molecular complexity index is 1350. The molecule has 0 saturated carbocycles. The first kappa shape index (κ1) is 23.8. The highest BCUT2D eigenvalue weighted by molar-refractivity contribution is 9.10. The first-order valence-electron chi connectivity index (χ1n) is 10.6. The summed E-state index contributed by atoms with van der Waals surface area (Å²) in [5, 5.41) is 14.3. The van der Waals surface area contributed by atoms with Gasteiger partial charge in [0.05, 0.1) is 19.7 Å². The molecule has 0 radical (unpaired) electrons. The summed E-state index contributed by atoms with van der Waals surface area (Å²) in [6.07, 6.45) is 0. The van der Waals surface area contributed by atoms with Gasteiger partial charge in [0.15, 0.2) is 0 Å². The number of nitrogens with zero attached hydrogens (tertiary/aromatic N) is 1. The predicted octanol–water partition coefficient (Wildman–Crippen LogP) is 5.60. The molecule has 176 valence electrons. The molecule has 0 atom stereocenters. The van der Waals surface area contributed by atoms with Gasteiger partial charge in [-0.15, -0.1) is 0 Å². The molecule has 1 heterocycles. The van der Waals surface area contributed by atoms with Gasteiger partial charge in [-0.3, -0.25) is 0 Å². The van der Waals surface area contributed by atoms with Crippen molar-refractivity contribution in [2.24, 2.45) is 0 Å². The van der Waals surface area contributed by atoms with Crippen LogP contribution in [0.2, 0.25) is 0 Å². The maximum absolute atomic E-state index is 13.8. The van der Waals surface area contributed by atoms with Gasteiger partial charge in [-0.1, -0.05) is 28.1 Å². The summed E-state index contributed by atoms with van der Waals surface area (Å²) in [5.74, 6) is -0.0649. The number of hydrogen-bond donors (Lipinski definition) is 2. The number of aromatic nitrogens is 1. The molecular formula is C26H24BrFN2O4. The Kier molecular flexibility index (Phi) is 7.19. The van der Waals surface area contributed by atoms with Gasteiger partial charge in [-0.05, 0) is 48.0 Å². The maximum Gasteiger partial charge on any atom is 0.352 e. The summed E-state index contributed by atoms with van der Waals surface area (Å²) in [4.78, 5) is 12.4. The zero-order chi connectivity index (χ0) is 24.2. The van der Waals surface area contributed by atoms with E-state index >= 15 is 0 Å². The highest BCUT2D eigenvalue weighted by Crippen LogP contribution is 2.31. The van der Waals surface area contributed by atoms with Crippen LogP contribution < -0.4 is 14.8 Å². The molecule has 34 heavy (non-hydrogen) atoms. The molecule has 0 amide bonds. The Morgan fingerprint density at radius 3 is 2.59 bits per heavy atom. The molecule has 1 aromatic heterocycles. The molecule has 8 heteroatoms. The number of methoxy groups -OCH3 is 2. The Morgan fingerprint density at radius 2 is 1.88 bits per heavy atom. The first-order valence-corrected chi connectivity index (χ1v) is 11.4. The third-order valence-electron chi connectivity index (χ3n) is 5.67. The first-order chi connectivity index (χ1) is 16.4. The van der Waals surface area contributed by atoms with Crippen molar-refractivity contribution in [3.63, 3.8) is 0 Å². The number of hydrogen-bond acceptors (Lipinski definition) is 4. The summed E-state index contributed by atoms with van der Waals surface area (Å²) >= 11 is 3.48. The topological polar surface area (TPSA) is 72.7 Å². The van der Waals surface area contributed by atoms with E-state index in [-0.39, 0.29) is 18.1 Å². The smallest absolute Gasteiger partial charge is 0.352 e. The molecule has 0 aliphatic heterocycles. The summed E-state index contributed by atoms with van der Waals surface area (Å²) in [7, 11) is 3.18. The molecule has 3 aromatic carbocycles. The molecule has 0 spiro atoms. The fourth-order valence-electron chi connectivity index (χ4n) is 4.14. The van der Waals surface area contributed by atoms with Crippen LogP contribution in [0.25, 0.3) is 10.9 Å². The van der Waals surface area contributed by atoms with Crippen molar-refractivity contribution in [3.05, 3.63) is 93.3 Å². The van der Waals surface area contributed by atoms with E-state index in [4.69, 9.17) is 9.47 Å². The Hall–Kier alpha value is -3.36. The normalized spacial score (nSPS) is 11.1.